The Hall–Kier alpha value is -1.36. The molecule has 1 saturated heterocycles. The van der Waals surface area contributed by atoms with Crippen LogP contribution in [0.2, 0.25) is 0 Å². The summed E-state index contributed by atoms with van der Waals surface area (Å²) < 4.78 is 10.5. The van der Waals surface area contributed by atoms with Gasteiger partial charge in [0.1, 0.15) is 5.75 Å². The molecule has 1 aromatic carbocycles. The van der Waals surface area contributed by atoms with E-state index in [9.17, 15) is 4.79 Å². The average molecular weight is 352 g/mol. The lowest BCUT2D eigenvalue weighted by molar-refractivity contribution is -0.118. The fraction of sp³-hybridized carbons (Fsp3) is 0.526. The quantitative estimate of drug-likeness (QED) is 0.764. The van der Waals surface area contributed by atoms with Gasteiger partial charge in [-0.3, -0.25) is 9.69 Å². The Morgan fingerprint density at radius 3 is 2.62 bits per heavy atom. The first-order valence-electron chi connectivity index (χ1n) is 8.45. The fourth-order valence-electron chi connectivity index (χ4n) is 3.33. The van der Waals surface area contributed by atoms with E-state index in [1.165, 1.54) is 0 Å². The smallest absolute Gasteiger partial charge is 0.162 e. The second kappa shape index (κ2) is 9.21. The van der Waals surface area contributed by atoms with Crippen LogP contribution in [0, 0.1) is 5.92 Å². The molecular weight excluding hydrogens is 326 g/mol. The number of halogens is 1. The van der Waals surface area contributed by atoms with Crippen molar-refractivity contribution in [2.24, 2.45) is 5.92 Å². The van der Waals surface area contributed by atoms with Crippen molar-refractivity contribution in [2.75, 3.05) is 40.0 Å². The number of carbonyl (C=O) groups is 1. The van der Waals surface area contributed by atoms with Gasteiger partial charge in [0.15, 0.2) is 5.78 Å². The van der Waals surface area contributed by atoms with Crippen LogP contribution in [0.5, 0.6) is 5.75 Å². The summed E-state index contributed by atoms with van der Waals surface area (Å²) >= 11 is 0. The minimum Gasteiger partial charge on any atom is -0.497 e. The van der Waals surface area contributed by atoms with Crippen LogP contribution in [0.1, 0.15) is 24.8 Å². The normalized spacial score (nSPS) is 23.3. The summed E-state index contributed by atoms with van der Waals surface area (Å²) in [6.45, 7) is 4.64. The maximum absolute atomic E-state index is 12.6. The van der Waals surface area contributed by atoms with E-state index < -0.39 is 0 Å². The number of benzene rings is 1. The summed E-state index contributed by atoms with van der Waals surface area (Å²) in [7, 11) is 1.66. The molecule has 24 heavy (non-hydrogen) atoms. The number of hydrogen-bond acceptors (Lipinski definition) is 4. The largest absolute Gasteiger partial charge is 0.497 e. The minimum absolute atomic E-state index is 0. The van der Waals surface area contributed by atoms with Gasteiger partial charge in [-0.1, -0.05) is 12.1 Å². The molecule has 1 aliphatic heterocycles. The molecule has 4 nitrogen and oxygen atoms in total. The van der Waals surface area contributed by atoms with Crippen molar-refractivity contribution in [3.8, 4) is 5.75 Å². The molecule has 0 radical (unpaired) electrons. The first-order chi connectivity index (χ1) is 11.3. The third kappa shape index (κ3) is 4.82. The van der Waals surface area contributed by atoms with Crippen molar-refractivity contribution in [1.82, 2.24) is 4.90 Å². The number of nitrogens with zero attached hydrogens (tertiary/aromatic N) is 1. The SMILES string of the molecule is COc1ccc(/C=C2\CCC(CCN3CCOCC3)C2=O)cc1.Cl. The van der Waals surface area contributed by atoms with Gasteiger partial charge in [0.05, 0.1) is 20.3 Å². The van der Waals surface area contributed by atoms with Gasteiger partial charge in [-0.15, -0.1) is 12.4 Å². The molecule has 3 rings (SSSR count). The van der Waals surface area contributed by atoms with Gasteiger partial charge in [-0.25, -0.2) is 0 Å². The number of Topliss-reactive ketones (excluding diaryl/α,β-unsaturated/α-hetero) is 1. The number of hydrogen-bond donors (Lipinski definition) is 0. The van der Waals surface area contributed by atoms with Crippen molar-refractivity contribution < 1.29 is 14.3 Å². The molecule has 0 amide bonds. The Labute approximate surface area is 150 Å². The number of ether oxygens (including phenoxy) is 2. The molecule has 0 bridgehead atoms. The van der Waals surface area contributed by atoms with Gasteiger partial charge in [0.2, 0.25) is 0 Å². The highest BCUT2D eigenvalue weighted by Gasteiger charge is 2.29. The van der Waals surface area contributed by atoms with Crippen LogP contribution in [0.15, 0.2) is 29.8 Å². The fourth-order valence-corrected chi connectivity index (χ4v) is 3.33. The Bertz CT molecular complexity index is 564. The van der Waals surface area contributed by atoms with E-state index in [1.54, 1.807) is 7.11 Å². The van der Waals surface area contributed by atoms with Gasteiger partial charge in [-0.2, -0.15) is 0 Å². The molecule has 1 atom stereocenters. The van der Waals surface area contributed by atoms with Crippen molar-refractivity contribution >= 4 is 24.3 Å². The molecule has 2 aliphatic rings. The second-order valence-corrected chi connectivity index (χ2v) is 6.29. The van der Waals surface area contributed by atoms with Crippen molar-refractivity contribution in [3.05, 3.63) is 35.4 Å². The number of allylic oxidation sites excluding steroid dienone is 1. The maximum atomic E-state index is 12.6. The van der Waals surface area contributed by atoms with Crippen LogP contribution in [0.3, 0.4) is 0 Å². The van der Waals surface area contributed by atoms with Gasteiger partial charge >= 0.3 is 0 Å². The summed E-state index contributed by atoms with van der Waals surface area (Å²) in [5.41, 5.74) is 2.05. The summed E-state index contributed by atoms with van der Waals surface area (Å²) in [4.78, 5) is 15.0. The zero-order chi connectivity index (χ0) is 16.1. The molecule has 1 heterocycles. The van der Waals surface area contributed by atoms with Crippen LogP contribution < -0.4 is 4.74 Å². The molecule has 5 heteroatoms. The molecule has 0 N–H and O–H groups in total. The van der Waals surface area contributed by atoms with Crippen LogP contribution in [-0.4, -0.2) is 50.6 Å². The lowest BCUT2D eigenvalue weighted by Crippen LogP contribution is -2.37. The van der Waals surface area contributed by atoms with E-state index in [1.807, 2.05) is 30.3 Å². The summed E-state index contributed by atoms with van der Waals surface area (Å²) in [5.74, 6) is 1.38. The highest BCUT2D eigenvalue weighted by Crippen LogP contribution is 2.31. The molecule has 0 aromatic heterocycles. The van der Waals surface area contributed by atoms with Crippen LogP contribution in [-0.2, 0) is 9.53 Å². The van der Waals surface area contributed by atoms with Crippen LogP contribution in [0.4, 0.5) is 0 Å². The van der Waals surface area contributed by atoms with E-state index in [2.05, 4.69) is 4.90 Å². The molecule has 1 saturated carbocycles. The van der Waals surface area contributed by atoms with Crippen molar-refractivity contribution in [2.45, 2.75) is 19.3 Å². The van der Waals surface area contributed by atoms with Crippen molar-refractivity contribution in [1.29, 1.82) is 0 Å². The average Bonchev–Trinajstić information content (AvgIpc) is 2.95. The third-order valence-electron chi connectivity index (χ3n) is 4.80. The molecular formula is C19H26ClNO3. The maximum Gasteiger partial charge on any atom is 0.162 e. The Morgan fingerprint density at radius 2 is 1.96 bits per heavy atom. The molecule has 2 fully saturated rings. The van der Waals surface area contributed by atoms with Crippen LogP contribution >= 0.6 is 12.4 Å². The molecule has 1 aliphatic carbocycles. The standard InChI is InChI=1S/C19H25NO3.ClH/c1-22-18-6-2-15(3-7-18)14-17-5-4-16(19(17)21)8-9-20-10-12-23-13-11-20;/h2-3,6-7,14,16H,4-5,8-13H2,1H3;1H/b17-14+;. The summed E-state index contributed by atoms with van der Waals surface area (Å²) in [6.07, 6.45) is 4.90. The van der Waals surface area contributed by atoms with E-state index in [4.69, 9.17) is 9.47 Å². The second-order valence-electron chi connectivity index (χ2n) is 6.29. The monoisotopic (exact) mass is 351 g/mol. The minimum atomic E-state index is 0. The lowest BCUT2D eigenvalue weighted by atomic mass is 10.0. The van der Waals surface area contributed by atoms with Gasteiger partial charge in [0, 0.05) is 19.0 Å². The predicted molar refractivity (Wildman–Crippen MR) is 97.8 cm³/mol. The highest BCUT2D eigenvalue weighted by molar-refractivity contribution is 6.03. The zero-order valence-corrected chi connectivity index (χ0v) is 15.0. The Morgan fingerprint density at radius 1 is 1.25 bits per heavy atom. The topological polar surface area (TPSA) is 38.8 Å². The van der Waals surface area contributed by atoms with E-state index >= 15 is 0 Å². The summed E-state index contributed by atoms with van der Waals surface area (Å²) in [5, 5.41) is 0. The van der Waals surface area contributed by atoms with Crippen LogP contribution in [0.25, 0.3) is 6.08 Å². The number of ketones is 1. The zero-order valence-electron chi connectivity index (χ0n) is 14.2. The predicted octanol–water partition coefficient (Wildman–Crippen LogP) is 3.20. The van der Waals surface area contributed by atoms with Gasteiger partial charge in [-0.05, 0) is 55.2 Å². The summed E-state index contributed by atoms with van der Waals surface area (Å²) in [6, 6.07) is 7.86. The van der Waals surface area contributed by atoms with Gasteiger partial charge < -0.3 is 9.47 Å². The molecule has 132 valence electrons. The molecule has 0 spiro atoms. The van der Waals surface area contributed by atoms with E-state index in [0.717, 1.165) is 69.0 Å². The number of methoxy groups -OCH3 is 1. The van der Waals surface area contributed by atoms with E-state index in [-0.39, 0.29) is 18.3 Å². The first-order valence-corrected chi connectivity index (χ1v) is 8.45. The number of morpholine rings is 1. The number of rotatable bonds is 5. The highest BCUT2D eigenvalue weighted by atomic mass is 35.5. The van der Waals surface area contributed by atoms with Gasteiger partial charge in [0.25, 0.3) is 0 Å². The third-order valence-corrected chi connectivity index (χ3v) is 4.80. The molecule has 1 unspecified atom stereocenters. The Balaban J connectivity index is 0.00000208. The Kier molecular flexibility index (Phi) is 7.28. The first kappa shape index (κ1) is 19.0. The number of carbonyl (C=O) groups excluding carboxylic acids is 1. The molecule has 1 aromatic rings. The lowest BCUT2D eigenvalue weighted by Gasteiger charge is -2.27. The van der Waals surface area contributed by atoms with Crippen molar-refractivity contribution in [3.63, 3.8) is 0 Å². The van der Waals surface area contributed by atoms with E-state index in [0.29, 0.717) is 5.78 Å².